The summed E-state index contributed by atoms with van der Waals surface area (Å²) in [5.74, 6) is 0.500. The average molecular weight is 338 g/mol. The lowest BCUT2D eigenvalue weighted by Gasteiger charge is -2.08. The van der Waals surface area contributed by atoms with Gasteiger partial charge in [0.05, 0.1) is 0 Å². The molecule has 0 saturated heterocycles. The first-order chi connectivity index (χ1) is 9.08. The van der Waals surface area contributed by atoms with Crippen molar-refractivity contribution in [2.75, 3.05) is 0 Å². The first kappa shape index (κ1) is 14.3. The van der Waals surface area contributed by atoms with Crippen molar-refractivity contribution in [3.8, 4) is 0 Å². The van der Waals surface area contributed by atoms with Crippen LogP contribution in [-0.4, -0.2) is 5.91 Å². The molecule has 0 aliphatic rings. The largest absolute Gasteiger partial charge is 0.347 e. The van der Waals surface area contributed by atoms with Crippen molar-refractivity contribution in [3.05, 3.63) is 56.2 Å². The van der Waals surface area contributed by atoms with Gasteiger partial charge < -0.3 is 5.32 Å². The summed E-state index contributed by atoms with van der Waals surface area (Å²) in [5, 5.41) is 4.83. The topological polar surface area (TPSA) is 29.1 Å². The van der Waals surface area contributed by atoms with Crippen molar-refractivity contribution < 1.29 is 4.79 Å². The Morgan fingerprint density at radius 1 is 1.26 bits per heavy atom. The molecule has 1 N–H and O–H groups in total. The van der Waals surface area contributed by atoms with Crippen LogP contribution in [0.2, 0.25) is 0 Å². The maximum atomic E-state index is 11.9. The Kier molecular flexibility index (Phi) is 4.77. The Morgan fingerprint density at radius 2 is 1.95 bits per heavy atom. The van der Waals surface area contributed by atoms with Gasteiger partial charge in [-0.15, -0.1) is 11.3 Å². The fourth-order valence-corrected chi connectivity index (χ4v) is 3.21. The van der Waals surface area contributed by atoms with Crippen molar-refractivity contribution in [2.45, 2.75) is 26.3 Å². The zero-order valence-corrected chi connectivity index (χ0v) is 13.3. The van der Waals surface area contributed by atoms with Gasteiger partial charge in [0.1, 0.15) is 4.88 Å². The van der Waals surface area contributed by atoms with Crippen LogP contribution in [-0.2, 0) is 6.54 Å². The maximum absolute atomic E-state index is 11.9. The van der Waals surface area contributed by atoms with E-state index in [2.05, 4.69) is 59.4 Å². The zero-order valence-electron chi connectivity index (χ0n) is 10.9. The van der Waals surface area contributed by atoms with Gasteiger partial charge in [-0.05, 0) is 44.4 Å². The molecule has 0 saturated carbocycles. The molecule has 19 heavy (non-hydrogen) atoms. The van der Waals surface area contributed by atoms with E-state index in [1.165, 1.54) is 16.9 Å². The fraction of sp³-hybridized carbons (Fsp3) is 0.267. The number of carbonyl (C=O) groups excluding carboxylic acids is 1. The fourth-order valence-electron chi connectivity index (χ4n) is 1.74. The lowest BCUT2D eigenvalue weighted by molar-refractivity contribution is 0.0954. The van der Waals surface area contributed by atoms with Crippen LogP contribution >= 0.6 is 27.3 Å². The van der Waals surface area contributed by atoms with E-state index >= 15 is 0 Å². The SMILES string of the molecule is CC(C)c1ccc(CNC(=O)c2sccc2Br)cc1. The van der Waals surface area contributed by atoms with E-state index in [9.17, 15) is 4.79 Å². The van der Waals surface area contributed by atoms with E-state index in [0.29, 0.717) is 12.5 Å². The molecule has 100 valence electrons. The highest BCUT2D eigenvalue weighted by atomic mass is 79.9. The second-order valence-electron chi connectivity index (χ2n) is 4.68. The molecule has 1 heterocycles. The van der Waals surface area contributed by atoms with Gasteiger partial charge in [-0.1, -0.05) is 38.1 Å². The minimum absolute atomic E-state index is 0.0326. The molecule has 1 aromatic heterocycles. The van der Waals surface area contributed by atoms with E-state index in [-0.39, 0.29) is 5.91 Å². The molecule has 4 heteroatoms. The third-order valence-electron chi connectivity index (χ3n) is 2.92. The molecule has 0 radical (unpaired) electrons. The maximum Gasteiger partial charge on any atom is 0.262 e. The Bertz CT molecular complexity index is 560. The van der Waals surface area contributed by atoms with E-state index in [1.54, 1.807) is 0 Å². The summed E-state index contributed by atoms with van der Waals surface area (Å²) in [6.45, 7) is 4.90. The molecule has 0 aliphatic heterocycles. The molecule has 0 spiro atoms. The number of hydrogen-bond donors (Lipinski definition) is 1. The van der Waals surface area contributed by atoms with Crippen LogP contribution in [0.25, 0.3) is 0 Å². The molecule has 2 nitrogen and oxygen atoms in total. The van der Waals surface area contributed by atoms with Gasteiger partial charge in [-0.2, -0.15) is 0 Å². The molecule has 0 fully saturated rings. The summed E-state index contributed by atoms with van der Waals surface area (Å²) in [5.41, 5.74) is 2.43. The molecule has 0 aliphatic carbocycles. The number of amides is 1. The monoisotopic (exact) mass is 337 g/mol. The van der Waals surface area contributed by atoms with Crippen LogP contribution in [0.15, 0.2) is 40.2 Å². The van der Waals surface area contributed by atoms with Gasteiger partial charge in [0.15, 0.2) is 0 Å². The minimum atomic E-state index is -0.0326. The summed E-state index contributed by atoms with van der Waals surface area (Å²) < 4.78 is 0.852. The van der Waals surface area contributed by atoms with E-state index in [4.69, 9.17) is 0 Å². The summed E-state index contributed by atoms with van der Waals surface area (Å²) in [4.78, 5) is 12.7. The number of carbonyl (C=O) groups is 1. The molecule has 0 unspecified atom stereocenters. The quantitative estimate of drug-likeness (QED) is 0.870. The van der Waals surface area contributed by atoms with Crippen molar-refractivity contribution in [2.24, 2.45) is 0 Å². The lowest BCUT2D eigenvalue weighted by Crippen LogP contribution is -2.22. The second kappa shape index (κ2) is 6.35. The van der Waals surface area contributed by atoms with Gasteiger partial charge in [0, 0.05) is 11.0 Å². The molecule has 2 aromatic rings. The van der Waals surface area contributed by atoms with Crippen LogP contribution in [0, 0.1) is 0 Å². The normalized spacial score (nSPS) is 10.7. The molecule has 0 atom stereocenters. The summed E-state index contributed by atoms with van der Waals surface area (Å²) in [6.07, 6.45) is 0. The van der Waals surface area contributed by atoms with Gasteiger partial charge in [0.25, 0.3) is 5.91 Å². The number of halogens is 1. The Balaban J connectivity index is 1.95. The van der Waals surface area contributed by atoms with Crippen molar-refractivity contribution in [1.29, 1.82) is 0 Å². The third kappa shape index (κ3) is 3.67. The first-order valence-electron chi connectivity index (χ1n) is 6.18. The number of thiophene rings is 1. The van der Waals surface area contributed by atoms with Gasteiger partial charge in [-0.3, -0.25) is 4.79 Å². The molecule has 1 amide bonds. The average Bonchev–Trinajstić information content (AvgIpc) is 2.83. The summed E-state index contributed by atoms with van der Waals surface area (Å²) in [6, 6.07) is 10.3. The predicted octanol–water partition coefficient (Wildman–Crippen LogP) is 4.56. The summed E-state index contributed by atoms with van der Waals surface area (Å²) in [7, 11) is 0. The Labute approximate surface area is 126 Å². The molecule has 1 aromatic carbocycles. The van der Waals surface area contributed by atoms with E-state index < -0.39 is 0 Å². The number of rotatable bonds is 4. The number of nitrogens with one attached hydrogen (secondary N) is 1. The van der Waals surface area contributed by atoms with Crippen LogP contribution in [0.3, 0.4) is 0 Å². The van der Waals surface area contributed by atoms with Gasteiger partial charge in [0.2, 0.25) is 0 Å². The summed E-state index contributed by atoms with van der Waals surface area (Å²) >= 11 is 4.81. The first-order valence-corrected chi connectivity index (χ1v) is 7.85. The second-order valence-corrected chi connectivity index (χ2v) is 6.45. The third-order valence-corrected chi connectivity index (χ3v) is 4.76. The lowest BCUT2D eigenvalue weighted by atomic mass is 10.0. The number of benzene rings is 1. The Morgan fingerprint density at radius 3 is 2.47 bits per heavy atom. The van der Waals surface area contributed by atoms with Crippen LogP contribution < -0.4 is 5.32 Å². The van der Waals surface area contributed by atoms with Crippen LogP contribution in [0.4, 0.5) is 0 Å². The minimum Gasteiger partial charge on any atom is -0.347 e. The van der Waals surface area contributed by atoms with Crippen molar-refractivity contribution in [1.82, 2.24) is 5.32 Å². The van der Waals surface area contributed by atoms with Crippen LogP contribution in [0.5, 0.6) is 0 Å². The van der Waals surface area contributed by atoms with Gasteiger partial charge in [-0.25, -0.2) is 0 Å². The van der Waals surface area contributed by atoms with E-state index in [1.807, 2.05) is 11.4 Å². The Hall–Kier alpha value is -1.13. The van der Waals surface area contributed by atoms with Gasteiger partial charge >= 0.3 is 0 Å². The zero-order chi connectivity index (χ0) is 13.8. The standard InChI is InChI=1S/C15H16BrNOS/c1-10(2)12-5-3-11(4-6-12)9-17-15(18)14-13(16)7-8-19-14/h3-8,10H,9H2,1-2H3,(H,17,18). The van der Waals surface area contributed by atoms with Crippen molar-refractivity contribution >= 4 is 33.2 Å². The van der Waals surface area contributed by atoms with Crippen LogP contribution in [0.1, 0.15) is 40.6 Å². The molecule has 2 rings (SSSR count). The smallest absolute Gasteiger partial charge is 0.262 e. The molecular formula is C15H16BrNOS. The molecular weight excluding hydrogens is 322 g/mol. The predicted molar refractivity (Wildman–Crippen MR) is 83.7 cm³/mol. The highest BCUT2D eigenvalue weighted by Gasteiger charge is 2.10. The highest BCUT2D eigenvalue weighted by molar-refractivity contribution is 9.10. The highest BCUT2D eigenvalue weighted by Crippen LogP contribution is 2.22. The van der Waals surface area contributed by atoms with E-state index in [0.717, 1.165) is 14.9 Å². The molecule has 0 bridgehead atoms. The van der Waals surface area contributed by atoms with Crippen molar-refractivity contribution in [3.63, 3.8) is 0 Å². The number of hydrogen-bond acceptors (Lipinski definition) is 2.